The standard InChI is InChI=1S/C11H13N3O3S2/c1-19(15,16)14-5-4-8(7-14)10-12-11(17-13-10)9-3-2-6-18-9/h2-3,6,8H,4-5,7H2,1H3/t8-/m0/s1. The number of rotatable bonds is 3. The Balaban J connectivity index is 1.78. The van der Waals surface area contributed by atoms with Crippen molar-refractivity contribution in [2.75, 3.05) is 19.3 Å². The maximum atomic E-state index is 11.5. The molecule has 102 valence electrons. The first-order valence-corrected chi connectivity index (χ1v) is 8.59. The van der Waals surface area contributed by atoms with Crippen molar-refractivity contribution in [2.24, 2.45) is 0 Å². The van der Waals surface area contributed by atoms with Crippen molar-refractivity contribution in [3.63, 3.8) is 0 Å². The monoisotopic (exact) mass is 299 g/mol. The summed E-state index contributed by atoms with van der Waals surface area (Å²) in [4.78, 5) is 5.29. The molecule has 19 heavy (non-hydrogen) atoms. The molecule has 1 saturated heterocycles. The van der Waals surface area contributed by atoms with E-state index in [9.17, 15) is 8.42 Å². The minimum absolute atomic E-state index is 0.0205. The van der Waals surface area contributed by atoms with Gasteiger partial charge < -0.3 is 4.52 Å². The Hall–Kier alpha value is -1.25. The van der Waals surface area contributed by atoms with Crippen molar-refractivity contribution in [3.05, 3.63) is 23.3 Å². The zero-order valence-electron chi connectivity index (χ0n) is 10.3. The predicted molar refractivity (Wildman–Crippen MR) is 71.4 cm³/mol. The predicted octanol–water partition coefficient (Wildman–Crippen LogP) is 1.55. The van der Waals surface area contributed by atoms with E-state index in [0.717, 1.165) is 11.3 Å². The van der Waals surface area contributed by atoms with Crippen LogP contribution in [0.15, 0.2) is 22.0 Å². The van der Waals surface area contributed by atoms with Crippen LogP contribution in [0.4, 0.5) is 0 Å². The van der Waals surface area contributed by atoms with Gasteiger partial charge in [0.2, 0.25) is 10.0 Å². The molecule has 6 nitrogen and oxygen atoms in total. The van der Waals surface area contributed by atoms with Crippen molar-refractivity contribution < 1.29 is 12.9 Å². The van der Waals surface area contributed by atoms with Crippen molar-refractivity contribution in [3.8, 4) is 10.8 Å². The summed E-state index contributed by atoms with van der Waals surface area (Å²) in [7, 11) is -3.13. The fraction of sp³-hybridized carbons (Fsp3) is 0.455. The number of hydrogen-bond donors (Lipinski definition) is 0. The van der Waals surface area contributed by atoms with Crippen LogP contribution in [0.25, 0.3) is 10.8 Å². The van der Waals surface area contributed by atoms with Gasteiger partial charge in [0.25, 0.3) is 5.89 Å². The van der Waals surface area contributed by atoms with Crippen LogP contribution in [0.5, 0.6) is 0 Å². The minimum Gasteiger partial charge on any atom is -0.333 e. The molecule has 1 aliphatic heterocycles. The van der Waals surface area contributed by atoms with Gasteiger partial charge >= 0.3 is 0 Å². The Bertz CT molecular complexity index is 663. The molecule has 0 N–H and O–H groups in total. The molecule has 8 heteroatoms. The Labute approximate surface area is 115 Å². The van der Waals surface area contributed by atoms with Gasteiger partial charge in [-0.05, 0) is 17.9 Å². The highest BCUT2D eigenvalue weighted by atomic mass is 32.2. The molecule has 0 aromatic carbocycles. The molecule has 2 aromatic rings. The van der Waals surface area contributed by atoms with Gasteiger partial charge in [-0.1, -0.05) is 11.2 Å². The second kappa shape index (κ2) is 4.69. The van der Waals surface area contributed by atoms with Gasteiger partial charge in [0.05, 0.1) is 11.1 Å². The van der Waals surface area contributed by atoms with E-state index in [2.05, 4.69) is 10.1 Å². The van der Waals surface area contributed by atoms with Crippen LogP contribution in [0.2, 0.25) is 0 Å². The Morgan fingerprint density at radius 1 is 1.53 bits per heavy atom. The van der Waals surface area contributed by atoms with Crippen molar-refractivity contribution in [2.45, 2.75) is 12.3 Å². The fourth-order valence-corrected chi connectivity index (χ4v) is 3.67. The smallest absolute Gasteiger partial charge is 0.267 e. The van der Waals surface area contributed by atoms with Gasteiger partial charge in [0.15, 0.2) is 5.82 Å². The topological polar surface area (TPSA) is 76.3 Å². The molecular weight excluding hydrogens is 286 g/mol. The molecule has 0 bridgehead atoms. The lowest BCUT2D eigenvalue weighted by Gasteiger charge is -2.11. The summed E-state index contributed by atoms with van der Waals surface area (Å²) in [6.07, 6.45) is 1.96. The highest BCUT2D eigenvalue weighted by Crippen LogP contribution is 2.29. The summed E-state index contributed by atoms with van der Waals surface area (Å²) in [5.74, 6) is 1.12. The third-order valence-corrected chi connectivity index (χ3v) is 5.29. The summed E-state index contributed by atoms with van der Waals surface area (Å²) in [5.41, 5.74) is 0. The third kappa shape index (κ3) is 2.56. The number of thiophene rings is 1. The molecular formula is C11H13N3O3S2. The molecule has 0 saturated carbocycles. The van der Waals surface area contributed by atoms with E-state index in [0.29, 0.717) is 24.8 Å². The lowest BCUT2D eigenvalue weighted by atomic mass is 10.1. The van der Waals surface area contributed by atoms with E-state index in [1.165, 1.54) is 21.9 Å². The van der Waals surface area contributed by atoms with Gasteiger partial charge in [-0.15, -0.1) is 11.3 Å². The SMILES string of the molecule is CS(=O)(=O)N1CC[C@H](c2noc(-c3cccs3)n2)C1. The van der Waals surface area contributed by atoms with Crippen molar-refractivity contribution in [1.82, 2.24) is 14.4 Å². The molecule has 0 spiro atoms. The number of hydrogen-bond acceptors (Lipinski definition) is 6. The van der Waals surface area contributed by atoms with Crippen LogP contribution >= 0.6 is 11.3 Å². The normalized spacial score (nSPS) is 21.0. The van der Waals surface area contributed by atoms with E-state index in [4.69, 9.17) is 4.52 Å². The van der Waals surface area contributed by atoms with Crippen LogP contribution in [0.3, 0.4) is 0 Å². The second-order valence-corrected chi connectivity index (χ2v) is 7.47. The lowest BCUT2D eigenvalue weighted by Crippen LogP contribution is -2.27. The van der Waals surface area contributed by atoms with E-state index in [-0.39, 0.29) is 5.92 Å². The summed E-state index contributed by atoms with van der Waals surface area (Å²) >= 11 is 1.53. The molecule has 0 amide bonds. The number of nitrogens with zero attached hydrogens (tertiary/aromatic N) is 3. The molecule has 0 unspecified atom stereocenters. The van der Waals surface area contributed by atoms with E-state index >= 15 is 0 Å². The largest absolute Gasteiger partial charge is 0.333 e. The molecule has 3 heterocycles. The maximum Gasteiger partial charge on any atom is 0.267 e. The number of sulfonamides is 1. The van der Waals surface area contributed by atoms with Crippen LogP contribution in [0, 0.1) is 0 Å². The number of aromatic nitrogens is 2. The zero-order chi connectivity index (χ0) is 13.5. The maximum absolute atomic E-state index is 11.5. The first-order chi connectivity index (χ1) is 9.04. The van der Waals surface area contributed by atoms with Gasteiger partial charge in [0, 0.05) is 19.0 Å². The molecule has 2 aromatic heterocycles. The minimum atomic E-state index is -3.13. The first kappa shape index (κ1) is 12.8. The van der Waals surface area contributed by atoms with Gasteiger partial charge in [-0.2, -0.15) is 4.98 Å². The average molecular weight is 299 g/mol. The Kier molecular flexibility index (Phi) is 3.15. The molecule has 0 radical (unpaired) electrons. The Morgan fingerprint density at radius 3 is 3.00 bits per heavy atom. The molecule has 1 fully saturated rings. The average Bonchev–Trinajstić information content (AvgIpc) is 3.10. The van der Waals surface area contributed by atoms with E-state index < -0.39 is 10.0 Å². The summed E-state index contributed by atoms with van der Waals surface area (Å²) < 4.78 is 29.6. The summed E-state index contributed by atoms with van der Waals surface area (Å²) in [6, 6.07) is 3.84. The van der Waals surface area contributed by atoms with Crippen LogP contribution < -0.4 is 0 Å². The highest BCUT2D eigenvalue weighted by molar-refractivity contribution is 7.88. The van der Waals surface area contributed by atoms with Crippen LogP contribution in [0.1, 0.15) is 18.2 Å². The molecule has 1 aliphatic rings. The molecule has 3 rings (SSSR count). The first-order valence-electron chi connectivity index (χ1n) is 5.86. The van der Waals surface area contributed by atoms with Crippen molar-refractivity contribution in [1.29, 1.82) is 0 Å². The van der Waals surface area contributed by atoms with Crippen LogP contribution in [-0.4, -0.2) is 42.2 Å². The third-order valence-electron chi connectivity index (χ3n) is 3.16. The van der Waals surface area contributed by atoms with E-state index in [1.54, 1.807) is 0 Å². The molecule has 0 aliphatic carbocycles. The fourth-order valence-electron chi connectivity index (χ4n) is 2.14. The second-order valence-electron chi connectivity index (χ2n) is 4.54. The zero-order valence-corrected chi connectivity index (χ0v) is 11.9. The van der Waals surface area contributed by atoms with Crippen molar-refractivity contribution >= 4 is 21.4 Å². The van der Waals surface area contributed by atoms with E-state index in [1.807, 2.05) is 17.5 Å². The van der Waals surface area contributed by atoms with Gasteiger partial charge in [-0.25, -0.2) is 12.7 Å². The highest BCUT2D eigenvalue weighted by Gasteiger charge is 2.32. The molecule has 1 atom stereocenters. The summed E-state index contributed by atoms with van der Waals surface area (Å²) in [5, 5.41) is 5.91. The lowest BCUT2D eigenvalue weighted by molar-refractivity contribution is 0.415. The van der Waals surface area contributed by atoms with Gasteiger partial charge in [-0.3, -0.25) is 0 Å². The Morgan fingerprint density at radius 2 is 2.37 bits per heavy atom. The quantitative estimate of drug-likeness (QED) is 0.859. The summed E-state index contributed by atoms with van der Waals surface area (Å²) in [6.45, 7) is 0.953. The van der Waals surface area contributed by atoms with Gasteiger partial charge in [0.1, 0.15) is 0 Å². The van der Waals surface area contributed by atoms with Crippen LogP contribution in [-0.2, 0) is 10.0 Å².